The number of nitrogens with zero attached hydrogens (tertiary/aromatic N) is 3. The van der Waals surface area contributed by atoms with Crippen LogP contribution >= 0.6 is 11.3 Å². The number of hydrogen-bond acceptors (Lipinski definition) is 6. The lowest BCUT2D eigenvalue weighted by Gasteiger charge is -2.09. The van der Waals surface area contributed by atoms with Crippen LogP contribution in [0, 0.1) is 5.82 Å². The van der Waals surface area contributed by atoms with E-state index in [0.717, 1.165) is 24.0 Å². The predicted octanol–water partition coefficient (Wildman–Crippen LogP) is 5.05. The van der Waals surface area contributed by atoms with Crippen LogP contribution in [0.15, 0.2) is 53.0 Å². The molecule has 2 N–H and O–H groups in total. The van der Waals surface area contributed by atoms with Crippen molar-refractivity contribution >= 4 is 38.4 Å². The molecule has 0 fully saturated rings. The van der Waals surface area contributed by atoms with Gasteiger partial charge in [0.25, 0.3) is 0 Å². The zero-order chi connectivity index (χ0) is 20.4. The van der Waals surface area contributed by atoms with E-state index in [2.05, 4.69) is 16.9 Å². The molecule has 4 aromatic rings. The normalized spacial score (nSPS) is 12.4. The van der Waals surface area contributed by atoms with Crippen LogP contribution in [0.4, 0.5) is 10.1 Å². The predicted molar refractivity (Wildman–Crippen MR) is 117 cm³/mol. The van der Waals surface area contributed by atoms with Crippen molar-refractivity contribution in [3.8, 4) is 22.6 Å². The maximum atomic E-state index is 13.5. The van der Waals surface area contributed by atoms with E-state index in [-0.39, 0.29) is 5.82 Å². The molecule has 0 aliphatic carbocycles. The highest BCUT2D eigenvalue weighted by Crippen LogP contribution is 2.42. The number of nitrogens with two attached hydrogens (primary N) is 1. The second kappa shape index (κ2) is 8.44. The monoisotopic (exact) mass is 426 g/mol. The quantitative estimate of drug-likeness (QED) is 0.436. The highest BCUT2D eigenvalue weighted by atomic mass is 32.2. The number of anilines is 1. The van der Waals surface area contributed by atoms with Crippen LogP contribution in [-0.4, -0.2) is 25.3 Å². The molecule has 1 aromatic carbocycles. The number of unbranched alkanes of at least 4 members (excludes halogenated alkanes) is 1. The number of rotatable bonds is 6. The van der Waals surface area contributed by atoms with Gasteiger partial charge in [0.1, 0.15) is 22.1 Å². The van der Waals surface area contributed by atoms with Gasteiger partial charge in [-0.15, -0.1) is 0 Å². The van der Waals surface area contributed by atoms with Crippen LogP contribution in [0.1, 0.15) is 19.8 Å². The Morgan fingerprint density at radius 3 is 2.62 bits per heavy atom. The molecule has 8 heteroatoms. The van der Waals surface area contributed by atoms with Crippen LogP contribution in [0.25, 0.3) is 32.9 Å². The first kappa shape index (κ1) is 19.8. The zero-order valence-corrected chi connectivity index (χ0v) is 17.4. The molecule has 0 amide bonds. The Morgan fingerprint density at radius 2 is 1.93 bits per heavy atom. The minimum Gasteiger partial charge on any atom is -0.611 e. The Labute approximate surface area is 175 Å². The lowest BCUT2D eigenvalue weighted by atomic mass is 10.1. The first-order chi connectivity index (χ1) is 14.1. The molecular formula is C21H19FN4OS2. The Morgan fingerprint density at radius 1 is 1.14 bits per heavy atom. The first-order valence-electron chi connectivity index (χ1n) is 9.23. The van der Waals surface area contributed by atoms with Crippen molar-refractivity contribution in [3.63, 3.8) is 0 Å². The van der Waals surface area contributed by atoms with Crippen molar-refractivity contribution in [2.75, 3.05) is 11.5 Å². The molecule has 3 aromatic heterocycles. The highest BCUT2D eigenvalue weighted by molar-refractivity contribution is 7.93. The van der Waals surface area contributed by atoms with Gasteiger partial charge in [0.05, 0.1) is 11.1 Å². The smallest absolute Gasteiger partial charge is 0.232 e. The summed E-state index contributed by atoms with van der Waals surface area (Å²) in [6, 6.07) is 9.78. The molecule has 0 radical (unpaired) electrons. The summed E-state index contributed by atoms with van der Waals surface area (Å²) in [5.41, 5.74) is 8.94. The lowest BCUT2D eigenvalue weighted by Crippen LogP contribution is -2.07. The molecular weight excluding hydrogens is 407 g/mol. The summed E-state index contributed by atoms with van der Waals surface area (Å²) in [6.45, 7) is 2.06. The third kappa shape index (κ3) is 3.96. The summed E-state index contributed by atoms with van der Waals surface area (Å²) in [5.74, 6) is 0.728. The van der Waals surface area contributed by atoms with Gasteiger partial charge in [-0.05, 0) is 54.0 Å². The number of halogens is 1. The van der Waals surface area contributed by atoms with Crippen LogP contribution in [-0.2, 0) is 11.2 Å². The molecule has 0 aliphatic rings. The maximum Gasteiger partial charge on any atom is 0.232 e. The van der Waals surface area contributed by atoms with Gasteiger partial charge < -0.3 is 10.3 Å². The number of hydrogen-bond donors (Lipinski definition) is 1. The molecule has 148 valence electrons. The zero-order valence-electron chi connectivity index (χ0n) is 15.8. The fourth-order valence-corrected chi connectivity index (χ4v) is 5.75. The highest BCUT2D eigenvalue weighted by Gasteiger charge is 2.25. The Bertz CT molecular complexity index is 1130. The largest absolute Gasteiger partial charge is 0.611 e. The number of benzene rings is 1. The van der Waals surface area contributed by atoms with Crippen molar-refractivity contribution in [1.29, 1.82) is 0 Å². The molecule has 0 aliphatic heterocycles. The third-order valence-electron chi connectivity index (χ3n) is 4.48. The second-order valence-corrected chi connectivity index (χ2v) is 9.30. The number of nitrogen functional groups attached to an aromatic ring is 1. The molecule has 0 saturated carbocycles. The van der Waals surface area contributed by atoms with E-state index in [0.29, 0.717) is 37.4 Å². The van der Waals surface area contributed by atoms with E-state index in [9.17, 15) is 8.94 Å². The molecule has 3 heterocycles. The van der Waals surface area contributed by atoms with Gasteiger partial charge in [-0.25, -0.2) is 14.4 Å². The number of pyridine rings is 1. The second-order valence-electron chi connectivity index (χ2n) is 6.53. The summed E-state index contributed by atoms with van der Waals surface area (Å²) in [6.07, 6.45) is 5.19. The van der Waals surface area contributed by atoms with Crippen molar-refractivity contribution in [3.05, 3.63) is 54.6 Å². The summed E-state index contributed by atoms with van der Waals surface area (Å²) < 4.78 is 26.9. The van der Waals surface area contributed by atoms with Gasteiger partial charge in [0.15, 0.2) is 5.82 Å². The van der Waals surface area contributed by atoms with Crippen LogP contribution in [0.3, 0.4) is 0 Å². The summed E-state index contributed by atoms with van der Waals surface area (Å²) in [7, 11) is 0. The van der Waals surface area contributed by atoms with Crippen molar-refractivity contribution in [2.45, 2.75) is 24.0 Å². The Balaban J connectivity index is 1.94. The average molecular weight is 427 g/mol. The lowest BCUT2D eigenvalue weighted by molar-refractivity contribution is 0.594. The Kier molecular flexibility index (Phi) is 5.75. The van der Waals surface area contributed by atoms with E-state index >= 15 is 0 Å². The maximum absolute atomic E-state index is 13.5. The molecule has 29 heavy (non-hydrogen) atoms. The van der Waals surface area contributed by atoms with Crippen molar-refractivity contribution in [1.82, 2.24) is 15.0 Å². The number of aromatic nitrogens is 3. The van der Waals surface area contributed by atoms with Crippen LogP contribution < -0.4 is 5.73 Å². The van der Waals surface area contributed by atoms with E-state index in [1.54, 1.807) is 24.5 Å². The molecule has 0 bridgehead atoms. The van der Waals surface area contributed by atoms with Crippen LogP contribution in [0.2, 0.25) is 0 Å². The van der Waals surface area contributed by atoms with E-state index < -0.39 is 11.2 Å². The van der Waals surface area contributed by atoms with E-state index in [1.807, 2.05) is 12.1 Å². The summed E-state index contributed by atoms with van der Waals surface area (Å²) in [5, 5.41) is 0.661. The van der Waals surface area contributed by atoms with Gasteiger partial charge in [-0.1, -0.05) is 24.7 Å². The van der Waals surface area contributed by atoms with E-state index in [1.165, 1.54) is 23.5 Å². The first-order valence-corrected chi connectivity index (χ1v) is 11.4. The number of fused-ring (bicyclic) bond motifs is 1. The standard InChI is InChI=1S/C21H19FN4OS2/c1-2-3-11-29(27)21-17(23)16-18(13-6-8-15(22)9-7-13)25-19(26-20(16)28-21)14-5-4-10-24-12-14/h4-10,12H,2-3,11,23H2,1H3/t29-/m0/s1. The minimum atomic E-state index is -1.19. The number of thiophene rings is 1. The van der Waals surface area contributed by atoms with Gasteiger partial charge in [0.2, 0.25) is 4.21 Å². The molecule has 0 unspecified atom stereocenters. The molecule has 1 atom stereocenters. The van der Waals surface area contributed by atoms with Crippen molar-refractivity contribution < 1.29 is 8.94 Å². The van der Waals surface area contributed by atoms with Crippen LogP contribution in [0.5, 0.6) is 0 Å². The van der Waals surface area contributed by atoms with E-state index in [4.69, 9.17) is 10.7 Å². The fourth-order valence-electron chi connectivity index (χ4n) is 2.98. The van der Waals surface area contributed by atoms with Gasteiger partial charge in [0, 0.05) is 23.5 Å². The average Bonchev–Trinajstić information content (AvgIpc) is 3.09. The summed E-state index contributed by atoms with van der Waals surface area (Å²) >= 11 is 0.139. The fraction of sp³-hybridized carbons (Fsp3) is 0.190. The topological polar surface area (TPSA) is 87.8 Å². The van der Waals surface area contributed by atoms with Crippen molar-refractivity contribution in [2.24, 2.45) is 0 Å². The molecule has 0 saturated heterocycles. The molecule has 0 spiro atoms. The SMILES string of the molecule is CCCC[S@+]([O-])c1sc2nc(-c3cccnc3)nc(-c3ccc(F)cc3)c2c1N. The Hall–Kier alpha value is -2.55. The molecule has 5 nitrogen and oxygen atoms in total. The van der Waals surface area contributed by atoms with Gasteiger partial charge >= 0.3 is 0 Å². The third-order valence-corrected chi connectivity index (χ3v) is 7.48. The van der Waals surface area contributed by atoms with Gasteiger partial charge in [-0.2, -0.15) is 0 Å². The summed E-state index contributed by atoms with van der Waals surface area (Å²) in [4.78, 5) is 14.2. The minimum absolute atomic E-state index is 0.328. The molecule has 4 rings (SSSR count). The van der Waals surface area contributed by atoms with Gasteiger partial charge in [-0.3, -0.25) is 4.98 Å².